The van der Waals surface area contributed by atoms with Gasteiger partial charge in [0.2, 0.25) is 0 Å². The van der Waals surface area contributed by atoms with Crippen molar-refractivity contribution >= 4 is 16.8 Å². The van der Waals surface area contributed by atoms with E-state index in [2.05, 4.69) is 54.4 Å². The van der Waals surface area contributed by atoms with Crippen LogP contribution >= 0.6 is 0 Å². The van der Waals surface area contributed by atoms with E-state index in [-0.39, 0.29) is 5.78 Å². The van der Waals surface area contributed by atoms with E-state index >= 15 is 0 Å². The van der Waals surface area contributed by atoms with E-state index in [0.717, 1.165) is 33.4 Å². The van der Waals surface area contributed by atoms with Gasteiger partial charge >= 0.3 is 0 Å². The Balaban J connectivity index is 1.90. The van der Waals surface area contributed by atoms with Crippen molar-refractivity contribution in [1.82, 2.24) is 15.0 Å². The fraction of sp³-hybridized carbons (Fsp3) is 0.192. The molecule has 0 saturated heterocycles. The van der Waals surface area contributed by atoms with Crippen molar-refractivity contribution in [1.29, 1.82) is 0 Å². The standard InChI is InChI=1S/C26H25N3O/c1-15(2)22(30)12-19-7-6-8-20(11-19)25-24-21(13-27-26(24)29-14-28-25)23-17(4)9-16(3)10-18(23)5/h6-11,13-14H,1,12H2,2-5H3,(H,27,28,29). The Bertz CT molecular complexity index is 1270. The summed E-state index contributed by atoms with van der Waals surface area (Å²) in [6.45, 7) is 11.9. The Hall–Kier alpha value is -3.53. The summed E-state index contributed by atoms with van der Waals surface area (Å²) < 4.78 is 0. The zero-order valence-corrected chi connectivity index (χ0v) is 17.8. The van der Waals surface area contributed by atoms with E-state index in [1.54, 1.807) is 13.3 Å². The molecule has 0 aliphatic carbocycles. The number of carbonyl (C=O) groups excluding carboxylic acids is 1. The number of allylic oxidation sites excluding steroid dienone is 1. The molecule has 0 aliphatic heterocycles. The highest BCUT2D eigenvalue weighted by atomic mass is 16.1. The van der Waals surface area contributed by atoms with Gasteiger partial charge in [-0.2, -0.15) is 0 Å². The van der Waals surface area contributed by atoms with Gasteiger partial charge in [0.15, 0.2) is 5.78 Å². The second kappa shape index (κ2) is 7.71. The van der Waals surface area contributed by atoms with Crippen LogP contribution in [0, 0.1) is 20.8 Å². The highest BCUT2D eigenvalue weighted by Crippen LogP contribution is 2.37. The molecular formula is C26H25N3O. The van der Waals surface area contributed by atoms with Gasteiger partial charge in [-0.15, -0.1) is 0 Å². The van der Waals surface area contributed by atoms with Gasteiger partial charge in [0, 0.05) is 23.7 Å². The summed E-state index contributed by atoms with van der Waals surface area (Å²) in [7, 11) is 0. The molecule has 1 N–H and O–H groups in total. The van der Waals surface area contributed by atoms with E-state index in [0.29, 0.717) is 12.0 Å². The summed E-state index contributed by atoms with van der Waals surface area (Å²) in [6.07, 6.45) is 3.94. The first-order valence-electron chi connectivity index (χ1n) is 10.0. The molecule has 0 atom stereocenters. The first-order chi connectivity index (χ1) is 14.3. The quantitative estimate of drug-likeness (QED) is 0.428. The highest BCUT2D eigenvalue weighted by molar-refractivity contribution is 6.03. The van der Waals surface area contributed by atoms with Crippen LogP contribution in [-0.4, -0.2) is 20.7 Å². The van der Waals surface area contributed by atoms with Crippen molar-refractivity contribution in [2.24, 2.45) is 0 Å². The predicted octanol–water partition coefficient (Wildman–Crippen LogP) is 5.90. The minimum atomic E-state index is 0.0493. The molecule has 0 aliphatic rings. The minimum absolute atomic E-state index is 0.0493. The fourth-order valence-electron chi connectivity index (χ4n) is 4.15. The Labute approximate surface area is 176 Å². The molecular weight excluding hydrogens is 370 g/mol. The van der Waals surface area contributed by atoms with Crippen LogP contribution in [0.15, 0.2) is 61.1 Å². The minimum Gasteiger partial charge on any atom is -0.345 e. The Kier molecular flexibility index (Phi) is 5.08. The van der Waals surface area contributed by atoms with Gasteiger partial charge in [-0.05, 0) is 61.6 Å². The fourth-order valence-corrected chi connectivity index (χ4v) is 4.15. The van der Waals surface area contributed by atoms with Crippen molar-refractivity contribution in [3.8, 4) is 22.4 Å². The molecule has 2 heterocycles. The molecule has 30 heavy (non-hydrogen) atoms. The number of carbonyl (C=O) groups is 1. The summed E-state index contributed by atoms with van der Waals surface area (Å²) in [5, 5.41) is 0.996. The van der Waals surface area contributed by atoms with E-state index in [1.165, 1.54) is 22.3 Å². The molecule has 0 saturated carbocycles. The van der Waals surface area contributed by atoms with Gasteiger partial charge < -0.3 is 4.98 Å². The molecule has 150 valence electrons. The van der Waals surface area contributed by atoms with Crippen LogP contribution in [0.3, 0.4) is 0 Å². The number of hydrogen-bond donors (Lipinski definition) is 1. The summed E-state index contributed by atoms with van der Waals surface area (Å²) in [5.41, 5.74) is 10.2. The first kappa shape index (κ1) is 19.8. The van der Waals surface area contributed by atoms with E-state index in [1.807, 2.05) is 30.5 Å². The number of Topliss-reactive ketones (excluding diaryl/α,β-unsaturated/α-hetero) is 1. The summed E-state index contributed by atoms with van der Waals surface area (Å²) in [6, 6.07) is 12.4. The Morgan fingerprint density at radius 3 is 2.50 bits per heavy atom. The number of rotatable bonds is 5. The molecule has 4 aromatic rings. The maximum Gasteiger partial charge on any atom is 0.162 e. The van der Waals surface area contributed by atoms with Crippen LogP contribution in [0.5, 0.6) is 0 Å². The summed E-state index contributed by atoms with van der Waals surface area (Å²) in [4.78, 5) is 24.5. The molecule has 4 rings (SSSR count). The number of H-pyrrole nitrogens is 1. The third kappa shape index (κ3) is 3.57. The molecule has 4 nitrogen and oxygen atoms in total. The van der Waals surface area contributed by atoms with Crippen molar-refractivity contribution in [2.45, 2.75) is 34.1 Å². The number of fused-ring (bicyclic) bond motifs is 1. The highest BCUT2D eigenvalue weighted by Gasteiger charge is 2.17. The van der Waals surface area contributed by atoms with Crippen molar-refractivity contribution in [3.63, 3.8) is 0 Å². The lowest BCUT2D eigenvalue weighted by atomic mass is 9.92. The second-order valence-electron chi connectivity index (χ2n) is 8.00. The zero-order valence-electron chi connectivity index (χ0n) is 17.8. The lowest BCUT2D eigenvalue weighted by Crippen LogP contribution is -2.03. The molecule has 2 aromatic carbocycles. The van der Waals surface area contributed by atoms with Crippen molar-refractivity contribution in [2.75, 3.05) is 0 Å². The van der Waals surface area contributed by atoms with Crippen LogP contribution in [0.2, 0.25) is 0 Å². The number of aromatic nitrogens is 3. The SMILES string of the molecule is C=C(C)C(=O)Cc1cccc(-c2ncnc3[nH]cc(-c4c(C)cc(C)cc4C)c23)c1. The molecule has 0 spiro atoms. The van der Waals surface area contributed by atoms with E-state index in [9.17, 15) is 4.79 Å². The summed E-state index contributed by atoms with van der Waals surface area (Å²) >= 11 is 0. The molecule has 4 heteroatoms. The molecule has 2 aromatic heterocycles. The molecule has 0 unspecified atom stereocenters. The molecule has 0 radical (unpaired) electrons. The maximum absolute atomic E-state index is 12.1. The van der Waals surface area contributed by atoms with Crippen LogP contribution in [0.1, 0.15) is 29.2 Å². The Morgan fingerprint density at radius 1 is 1.07 bits per heavy atom. The number of nitrogens with one attached hydrogen (secondary N) is 1. The van der Waals surface area contributed by atoms with E-state index in [4.69, 9.17) is 0 Å². The van der Waals surface area contributed by atoms with Gasteiger partial charge in [0.1, 0.15) is 12.0 Å². The van der Waals surface area contributed by atoms with Gasteiger partial charge in [-0.3, -0.25) is 4.79 Å². The lowest BCUT2D eigenvalue weighted by Gasteiger charge is -2.12. The molecule has 0 bridgehead atoms. The van der Waals surface area contributed by atoms with Crippen molar-refractivity contribution < 1.29 is 4.79 Å². The zero-order chi connectivity index (χ0) is 21.4. The van der Waals surface area contributed by atoms with Gasteiger partial charge in [-0.1, -0.05) is 42.5 Å². The first-order valence-corrected chi connectivity index (χ1v) is 10.0. The largest absolute Gasteiger partial charge is 0.345 e. The van der Waals surface area contributed by atoms with Crippen LogP contribution in [0.25, 0.3) is 33.4 Å². The normalized spacial score (nSPS) is 11.1. The number of nitrogens with zero attached hydrogens (tertiary/aromatic N) is 2. The monoisotopic (exact) mass is 395 g/mol. The number of benzene rings is 2. The predicted molar refractivity (Wildman–Crippen MR) is 122 cm³/mol. The number of aromatic amines is 1. The van der Waals surface area contributed by atoms with Gasteiger partial charge in [0.25, 0.3) is 0 Å². The topological polar surface area (TPSA) is 58.6 Å². The second-order valence-corrected chi connectivity index (χ2v) is 8.00. The molecule has 0 fully saturated rings. The van der Waals surface area contributed by atoms with Crippen LogP contribution < -0.4 is 0 Å². The Morgan fingerprint density at radius 2 is 1.80 bits per heavy atom. The van der Waals surface area contributed by atoms with Crippen molar-refractivity contribution in [3.05, 3.63) is 83.3 Å². The number of hydrogen-bond acceptors (Lipinski definition) is 3. The number of aryl methyl sites for hydroxylation is 3. The lowest BCUT2D eigenvalue weighted by molar-refractivity contribution is -0.114. The van der Waals surface area contributed by atoms with Gasteiger partial charge in [0.05, 0.1) is 11.1 Å². The summed E-state index contributed by atoms with van der Waals surface area (Å²) in [5.74, 6) is 0.0493. The van der Waals surface area contributed by atoms with Crippen LogP contribution in [0.4, 0.5) is 0 Å². The average Bonchev–Trinajstić information content (AvgIpc) is 3.11. The van der Waals surface area contributed by atoms with Crippen LogP contribution in [-0.2, 0) is 11.2 Å². The van der Waals surface area contributed by atoms with E-state index < -0.39 is 0 Å². The number of ketones is 1. The third-order valence-corrected chi connectivity index (χ3v) is 5.46. The average molecular weight is 396 g/mol. The maximum atomic E-state index is 12.1. The van der Waals surface area contributed by atoms with Gasteiger partial charge in [-0.25, -0.2) is 9.97 Å². The molecule has 0 amide bonds. The smallest absolute Gasteiger partial charge is 0.162 e. The third-order valence-electron chi connectivity index (χ3n) is 5.46.